The highest BCUT2D eigenvalue weighted by Crippen LogP contribution is 2.09. The number of guanidine groups is 1. The van der Waals surface area contributed by atoms with Crippen molar-refractivity contribution in [2.75, 3.05) is 25.9 Å². The van der Waals surface area contributed by atoms with Crippen molar-refractivity contribution in [1.82, 2.24) is 15.6 Å². The van der Waals surface area contributed by atoms with E-state index in [9.17, 15) is 8.42 Å². The Morgan fingerprint density at radius 1 is 1.04 bits per heavy atom. The van der Waals surface area contributed by atoms with Crippen molar-refractivity contribution in [1.29, 1.82) is 0 Å². The lowest BCUT2D eigenvalue weighted by Gasteiger charge is -2.12. The van der Waals surface area contributed by atoms with E-state index < -0.39 is 9.84 Å². The number of rotatable bonds is 7. The van der Waals surface area contributed by atoms with Crippen molar-refractivity contribution in [3.8, 4) is 0 Å². The second kappa shape index (κ2) is 9.02. The number of hydrogen-bond acceptors (Lipinski definition) is 4. The lowest BCUT2D eigenvalue weighted by Crippen LogP contribution is -2.40. The molecule has 0 saturated heterocycles. The number of nitrogens with one attached hydrogen (secondary N) is 2. The van der Waals surface area contributed by atoms with Crippen molar-refractivity contribution in [2.45, 2.75) is 11.3 Å². The van der Waals surface area contributed by atoms with Gasteiger partial charge >= 0.3 is 0 Å². The van der Waals surface area contributed by atoms with Crippen molar-refractivity contribution in [3.63, 3.8) is 0 Å². The zero-order valence-electron chi connectivity index (χ0n) is 13.6. The first-order valence-corrected chi connectivity index (χ1v) is 9.39. The van der Waals surface area contributed by atoms with Crippen molar-refractivity contribution >= 4 is 15.8 Å². The lowest BCUT2D eigenvalue weighted by atomic mass is 10.3. The fourth-order valence-electron chi connectivity index (χ4n) is 2.13. The molecule has 0 saturated carbocycles. The summed E-state index contributed by atoms with van der Waals surface area (Å²) in [5, 5.41) is 6.17. The Morgan fingerprint density at radius 2 is 1.75 bits per heavy atom. The summed E-state index contributed by atoms with van der Waals surface area (Å²) in [6.45, 7) is 0.961. The van der Waals surface area contributed by atoms with Crippen LogP contribution < -0.4 is 10.6 Å². The van der Waals surface area contributed by atoms with E-state index in [1.165, 1.54) is 0 Å². The molecule has 24 heavy (non-hydrogen) atoms. The third-order valence-electron chi connectivity index (χ3n) is 3.39. The minimum absolute atomic E-state index is 0.0119. The number of nitrogens with zero attached hydrogens (tertiary/aromatic N) is 2. The van der Waals surface area contributed by atoms with Crippen LogP contribution in [0.25, 0.3) is 0 Å². The van der Waals surface area contributed by atoms with Gasteiger partial charge in [0.2, 0.25) is 0 Å². The van der Waals surface area contributed by atoms with Crippen molar-refractivity contribution in [3.05, 3.63) is 60.4 Å². The van der Waals surface area contributed by atoms with E-state index in [2.05, 4.69) is 20.6 Å². The van der Waals surface area contributed by atoms with E-state index in [0.29, 0.717) is 23.9 Å². The molecule has 0 radical (unpaired) electrons. The molecule has 1 aromatic carbocycles. The first-order valence-electron chi connectivity index (χ1n) is 7.74. The van der Waals surface area contributed by atoms with Crippen LogP contribution in [-0.4, -0.2) is 45.3 Å². The summed E-state index contributed by atoms with van der Waals surface area (Å²) in [7, 11) is -1.63. The van der Waals surface area contributed by atoms with Gasteiger partial charge in [-0.05, 0) is 24.3 Å². The Kier molecular flexibility index (Phi) is 6.74. The molecule has 0 unspecified atom stereocenters. The third kappa shape index (κ3) is 5.66. The van der Waals surface area contributed by atoms with Crippen LogP contribution in [0.3, 0.4) is 0 Å². The molecule has 0 aliphatic rings. The Balaban J connectivity index is 1.76. The monoisotopic (exact) mass is 346 g/mol. The molecule has 0 spiro atoms. The molecule has 1 heterocycles. The number of sulfone groups is 1. The molecule has 0 amide bonds. The van der Waals surface area contributed by atoms with Crippen LogP contribution in [0, 0.1) is 0 Å². The summed E-state index contributed by atoms with van der Waals surface area (Å²) in [4.78, 5) is 8.68. The summed E-state index contributed by atoms with van der Waals surface area (Å²) in [5.41, 5.74) is 0.993. The average Bonchev–Trinajstić information content (AvgIpc) is 2.62. The molecule has 2 aromatic rings. The normalized spacial score (nSPS) is 12.0. The smallest absolute Gasteiger partial charge is 0.191 e. The zero-order valence-corrected chi connectivity index (χ0v) is 14.5. The SMILES string of the molecule is CN=C(NCCc1ccccn1)NCCS(=O)(=O)c1ccccc1. The Hall–Kier alpha value is -2.41. The van der Waals surface area contributed by atoms with E-state index in [0.717, 1.165) is 12.1 Å². The number of aromatic nitrogens is 1. The van der Waals surface area contributed by atoms with Gasteiger partial charge in [-0.3, -0.25) is 9.98 Å². The van der Waals surface area contributed by atoms with Gasteiger partial charge in [-0.1, -0.05) is 24.3 Å². The predicted octanol–water partition coefficient (Wildman–Crippen LogP) is 1.26. The minimum atomic E-state index is -3.28. The van der Waals surface area contributed by atoms with Crippen molar-refractivity contribution in [2.24, 2.45) is 4.99 Å². The molecular formula is C17H22N4O2S. The van der Waals surface area contributed by atoms with Gasteiger partial charge in [-0.15, -0.1) is 0 Å². The van der Waals surface area contributed by atoms with Crippen LogP contribution >= 0.6 is 0 Å². The zero-order chi connectivity index (χ0) is 17.3. The Morgan fingerprint density at radius 3 is 2.42 bits per heavy atom. The highest BCUT2D eigenvalue weighted by Gasteiger charge is 2.13. The molecular weight excluding hydrogens is 324 g/mol. The van der Waals surface area contributed by atoms with Crippen LogP contribution in [0.2, 0.25) is 0 Å². The maximum Gasteiger partial charge on any atom is 0.191 e. The maximum absolute atomic E-state index is 12.2. The molecule has 1 aromatic heterocycles. The second-order valence-electron chi connectivity index (χ2n) is 5.13. The van der Waals surface area contributed by atoms with Gasteiger partial charge in [0.05, 0.1) is 10.6 Å². The Bertz CT molecular complexity index is 747. The summed E-state index contributed by atoms with van der Waals surface area (Å²) in [6, 6.07) is 14.2. The van der Waals surface area contributed by atoms with Gasteiger partial charge in [0.1, 0.15) is 0 Å². The van der Waals surface area contributed by atoms with Gasteiger partial charge in [-0.2, -0.15) is 0 Å². The largest absolute Gasteiger partial charge is 0.356 e. The molecule has 2 rings (SSSR count). The number of pyridine rings is 1. The van der Waals surface area contributed by atoms with Gasteiger partial charge < -0.3 is 10.6 Å². The van der Waals surface area contributed by atoms with E-state index in [1.807, 2.05) is 18.2 Å². The molecule has 0 bridgehead atoms. The highest BCUT2D eigenvalue weighted by molar-refractivity contribution is 7.91. The first-order chi connectivity index (χ1) is 11.6. The van der Waals surface area contributed by atoms with Gasteiger partial charge in [0, 0.05) is 38.4 Å². The molecule has 0 aliphatic carbocycles. The number of aliphatic imine (C=N–C) groups is 1. The quantitative estimate of drug-likeness (QED) is 0.583. The average molecular weight is 346 g/mol. The van der Waals surface area contributed by atoms with Gasteiger partial charge in [0.25, 0.3) is 0 Å². The van der Waals surface area contributed by atoms with Crippen LogP contribution in [0.1, 0.15) is 5.69 Å². The van der Waals surface area contributed by atoms with E-state index >= 15 is 0 Å². The maximum atomic E-state index is 12.2. The molecule has 2 N–H and O–H groups in total. The molecule has 7 heteroatoms. The predicted molar refractivity (Wildman–Crippen MR) is 95.8 cm³/mol. The Labute approximate surface area is 143 Å². The first kappa shape index (κ1) is 17.9. The van der Waals surface area contributed by atoms with E-state index in [1.54, 1.807) is 43.6 Å². The van der Waals surface area contributed by atoms with Crippen LogP contribution in [0.4, 0.5) is 0 Å². The summed E-state index contributed by atoms with van der Waals surface area (Å²) in [6.07, 6.45) is 2.53. The summed E-state index contributed by atoms with van der Waals surface area (Å²) < 4.78 is 24.4. The molecule has 6 nitrogen and oxygen atoms in total. The fraction of sp³-hybridized carbons (Fsp3) is 0.294. The lowest BCUT2D eigenvalue weighted by molar-refractivity contribution is 0.594. The van der Waals surface area contributed by atoms with Crippen LogP contribution in [0.15, 0.2) is 64.6 Å². The standard InChI is InChI=1S/C17H22N4O2S/c1-18-17(20-12-10-15-7-5-6-11-19-15)21-13-14-24(22,23)16-8-3-2-4-9-16/h2-9,11H,10,12-14H2,1H3,(H2,18,20,21). The topological polar surface area (TPSA) is 83.4 Å². The third-order valence-corrected chi connectivity index (χ3v) is 5.12. The molecule has 0 atom stereocenters. The summed E-state index contributed by atoms with van der Waals surface area (Å²) >= 11 is 0. The molecule has 128 valence electrons. The van der Waals surface area contributed by atoms with Gasteiger partial charge in [0.15, 0.2) is 15.8 Å². The van der Waals surface area contributed by atoms with Crippen LogP contribution in [0.5, 0.6) is 0 Å². The fourth-order valence-corrected chi connectivity index (χ4v) is 3.30. The van der Waals surface area contributed by atoms with E-state index in [4.69, 9.17) is 0 Å². The van der Waals surface area contributed by atoms with Crippen molar-refractivity contribution < 1.29 is 8.42 Å². The summed E-state index contributed by atoms with van der Waals surface area (Å²) in [5.74, 6) is 0.590. The molecule has 0 fully saturated rings. The minimum Gasteiger partial charge on any atom is -0.356 e. The van der Waals surface area contributed by atoms with Crippen LogP contribution in [-0.2, 0) is 16.3 Å². The number of benzene rings is 1. The number of hydrogen-bond donors (Lipinski definition) is 2. The van der Waals surface area contributed by atoms with E-state index in [-0.39, 0.29) is 5.75 Å². The second-order valence-corrected chi connectivity index (χ2v) is 7.24. The molecule has 0 aliphatic heterocycles. The highest BCUT2D eigenvalue weighted by atomic mass is 32.2. The van der Waals surface area contributed by atoms with Gasteiger partial charge in [-0.25, -0.2) is 8.42 Å².